The van der Waals surface area contributed by atoms with Crippen LogP contribution in [0.1, 0.15) is 201 Å². The van der Waals surface area contributed by atoms with E-state index in [0.717, 1.165) is 110 Å². The predicted octanol–water partition coefficient (Wildman–Crippen LogP) is 11.0. The SMILES string of the molecule is CCCCCC(CCCC)OC(=O)CCCCCCCN(CCO)CCCCCCCC(=O)OC.CCCCCCCCCC. The van der Waals surface area contributed by atoms with Gasteiger partial charge in [-0.2, -0.15) is 0 Å². The molecule has 0 aliphatic carbocycles. The van der Waals surface area contributed by atoms with Crippen LogP contribution >= 0.6 is 0 Å². The number of unbranched alkanes of at least 4 members (excludes halogenated alkanes) is 18. The maximum atomic E-state index is 12.3. The lowest BCUT2D eigenvalue weighted by Gasteiger charge is -2.21. The fourth-order valence-corrected chi connectivity index (χ4v) is 5.62. The second-order valence-electron chi connectivity index (χ2n) is 13.0. The van der Waals surface area contributed by atoms with E-state index in [2.05, 4.69) is 37.3 Å². The Bertz CT molecular complexity index is 592. The zero-order chi connectivity index (χ0) is 33.6. The third kappa shape index (κ3) is 37.2. The molecule has 0 amide bonds. The molecule has 270 valence electrons. The quantitative estimate of drug-likeness (QED) is 0.0567. The van der Waals surface area contributed by atoms with E-state index in [4.69, 9.17) is 4.74 Å². The first-order valence-electron chi connectivity index (χ1n) is 19.6. The fourth-order valence-electron chi connectivity index (χ4n) is 5.62. The standard InChI is InChI=1S/C29H57NO5.C10H22/c1-4-6-14-20-27(19-7-5-2)35-29(33)22-16-11-9-13-18-24-30(25-26-31)23-17-12-8-10-15-21-28(32)34-3;1-3-5-7-9-10-8-6-4-2/h27,31H,4-26H2,1-3H3;3-10H2,1-2H3. The number of esters is 2. The Morgan fingerprint density at radius 3 is 1.38 bits per heavy atom. The summed E-state index contributed by atoms with van der Waals surface area (Å²) in [5, 5.41) is 9.35. The lowest BCUT2D eigenvalue weighted by molar-refractivity contribution is -0.150. The van der Waals surface area contributed by atoms with Gasteiger partial charge in [-0.25, -0.2) is 0 Å². The third-order valence-corrected chi connectivity index (χ3v) is 8.62. The summed E-state index contributed by atoms with van der Waals surface area (Å²) in [5.74, 6) is -0.130. The predicted molar refractivity (Wildman–Crippen MR) is 193 cm³/mol. The Labute approximate surface area is 281 Å². The maximum absolute atomic E-state index is 12.3. The van der Waals surface area contributed by atoms with Crippen LogP contribution in [0.15, 0.2) is 0 Å². The molecule has 6 nitrogen and oxygen atoms in total. The van der Waals surface area contributed by atoms with Crippen LogP contribution in [0.3, 0.4) is 0 Å². The third-order valence-electron chi connectivity index (χ3n) is 8.62. The number of carbonyl (C=O) groups excluding carboxylic acids is 2. The molecule has 0 saturated carbocycles. The highest BCUT2D eigenvalue weighted by molar-refractivity contribution is 5.69. The summed E-state index contributed by atoms with van der Waals surface area (Å²) in [6.07, 6.45) is 31.4. The molecule has 0 saturated heterocycles. The van der Waals surface area contributed by atoms with Crippen LogP contribution in [0.25, 0.3) is 0 Å². The lowest BCUT2D eigenvalue weighted by atomic mass is 10.1. The Morgan fingerprint density at radius 2 is 0.911 bits per heavy atom. The maximum Gasteiger partial charge on any atom is 0.306 e. The van der Waals surface area contributed by atoms with Gasteiger partial charge < -0.3 is 19.5 Å². The number of ether oxygens (including phenoxy) is 2. The van der Waals surface area contributed by atoms with Gasteiger partial charge in [0.05, 0.1) is 13.7 Å². The van der Waals surface area contributed by atoms with Gasteiger partial charge in [0.25, 0.3) is 0 Å². The smallest absolute Gasteiger partial charge is 0.306 e. The van der Waals surface area contributed by atoms with Gasteiger partial charge in [0, 0.05) is 19.4 Å². The Balaban J connectivity index is 0. The summed E-state index contributed by atoms with van der Waals surface area (Å²) in [4.78, 5) is 25.7. The van der Waals surface area contributed by atoms with Gasteiger partial charge in [0.2, 0.25) is 0 Å². The van der Waals surface area contributed by atoms with Gasteiger partial charge in [0.15, 0.2) is 0 Å². The van der Waals surface area contributed by atoms with Crippen LogP contribution in [0.4, 0.5) is 0 Å². The molecule has 0 aromatic heterocycles. The Morgan fingerprint density at radius 1 is 0.511 bits per heavy atom. The van der Waals surface area contributed by atoms with Crippen LogP contribution in [0.2, 0.25) is 0 Å². The van der Waals surface area contributed by atoms with E-state index >= 15 is 0 Å². The molecule has 6 heteroatoms. The first-order chi connectivity index (χ1) is 22.0. The first-order valence-corrected chi connectivity index (χ1v) is 19.6. The van der Waals surface area contributed by atoms with Crippen LogP contribution in [0, 0.1) is 0 Å². The van der Waals surface area contributed by atoms with Crippen LogP contribution < -0.4 is 0 Å². The van der Waals surface area contributed by atoms with Gasteiger partial charge in [-0.3, -0.25) is 9.59 Å². The van der Waals surface area contributed by atoms with E-state index in [1.165, 1.54) is 77.7 Å². The highest BCUT2D eigenvalue weighted by atomic mass is 16.5. The number of hydrogen-bond donors (Lipinski definition) is 1. The van der Waals surface area contributed by atoms with Crippen molar-refractivity contribution < 1.29 is 24.2 Å². The van der Waals surface area contributed by atoms with E-state index in [9.17, 15) is 14.7 Å². The number of nitrogens with zero attached hydrogens (tertiary/aromatic N) is 1. The minimum atomic E-state index is -0.118. The summed E-state index contributed by atoms with van der Waals surface area (Å²) < 4.78 is 10.4. The van der Waals surface area contributed by atoms with E-state index in [0.29, 0.717) is 12.8 Å². The summed E-state index contributed by atoms with van der Waals surface area (Å²) in [6, 6.07) is 0. The highest BCUT2D eigenvalue weighted by Gasteiger charge is 2.13. The molecule has 1 unspecified atom stereocenters. The molecule has 0 heterocycles. The van der Waals surface area contributed by atoms with Gasteiger partial charge >= 0.3 is 11.9 Å². The summed E-state index contributed by atoms with van der Waals surface area (Å²) >= 11 is 0. The summed E-state index contributed by atoms with van der Waals surface area (Å²) in [6.45, 7) is 11.9. The van der Waals surface area contributed by atoms with Crippen molar-refractivity contribution in [1.82, 2.24) is 4.90 Å². The van der Waals surface area contributed by atoms with Gasteiger partial charge in [-0.05, 0) is 58.0 Å². The van der Waals surface area contributed by atoms with Gasteiger partial charge in [-0.1, -0.05) is 143 Å². The van der Waals surface area contributed by atoms with Crippen molar-refractivity contribution in [3.8, 4) is 0 Å². The monoisotopic (exact) mass is 642 g/mol. The van der Waals surface area contributed by atoms with Crippen molar-refractivity contribution in [3.63, 3.8) is 0 Å². The topological polar surface area (TPSA) is 76.1 Å². The number of aliphatic hydroxyl groups is 1. The molecule has 0 aliphatic heterocycles. The van der Waals surface area contributed by atoms with Gasteiger partial charge in [-0.15, -0.1) is 0 Å². The molecule has 1 atom stereocenters. The molecule has 0 aromatic carbocycles. The minimum Gasteiger partial charge on any atom is -0.469 e. The molecule has 1 N–H and O–H groups in total. The number of hydrogen-bond acceptors (Lipinski definition) is 6. The van der Waals surface area contributed by atoms with Crippen molar-refractivity contribution >= 4 is 11.9 Å². The average Bonchev–Trinajstić information content (AvgIpc) is 3.04. The van der Waals surface area contributed by atoms with E-state index in [1.54, 1.807) is 0 Å². The zero-order valence-corrected chi connectivity index (χ0v) is 31.0. The van der Waals surface area contributed by atoms with Crippen molar-refractivity contribution in [2.75, 3.05) is 33.4 Å². The van der Waals surface area contributed by atoms with Crippen LogP contribution in [-0.4, -0.2) is 61.4 Å². The van der Waals surface area contributed by atoms with Crippen molar-refractivity contribution in [1.29, 1.82) is 0 Å². The molecule has 0 aromatic rings. The minimum absolute atomic E-state index is 0.0120. The van der Waals surface area contributed by atoms with Crippen LogP contribution in [0.5, 0.6) is 0 Å². The normalized spacial score (nSPS) is 11.7. The number of methoxy groups -OCH3 is 1. The lowest BCUT2D eigenvalue weighted by Crippen LogP contribution is -2.29. The first kappa shape index (κ1) is 46.0. The second-order valence-corrected chi connectivity index (χ2v) is 13.0. The molecule has 0 rings (SSSR count). The highest BCUT2D eigenvalue weighted by Crippen LogP contribution is 2.16. The van der Waals surface area contributed by atoms with Crippen molar-refractivity contribution in [2.45, 2.75) is 207 Å². The zero-order valence-electron chi connectivity index (χ0n) is 31.0. The average molecular weight is 642 g/mol. The van der Waals surface area contributed by atoms with E-state index in [1.807, 2.05) is 0 Å². The molecule has 0 spiro atoms. The number of rotatable bonds is 33. The molecule has 0 fully saturated rings. The van der Waals surface area contributed by atoms with Crippen LogP contribution in [-0.2, 0) is 19.1 Å². The summed E-state index contributed by atoms with van der Waals surface area (Å²) in [5.41, 5.74) is 0. The molecule has 45 heavy (non-hydrogen) atoms. The van der Waals surface area contributed by atoms with Crippen molar-refractivity contribution in [2.24, 2.45) is 0 Å². The molecule has 0 radical (unpaired) electrons. The fraction of sp³-hybridized carbons (Fsp3) is 0.949. The molecule has 0 bridgehead atoms. The second kappa shape index (κ2) is 39.0. The van der Waals surface area contributed by atoms with E-state index in [-0.39, 0.29) is 24.6 Å². The molecule has 0 aliphatic rings. The Hall–Kier alpha value is -1.14. The van der Waals surface area contributed by atoms with Gasteiger partial charge in [0.1, 0.15) is 6.10 Å². The Kier molecular flexibility index (Phi) is 39.9. The van der Waals surface area contributed by atoms with E-state index < -0.39 is 0 Å². The largest absolute Gasteiger partial charge is 0.469 e. The number of aliphatic hydroxyl groups excluding tert-OH is 1. The summed E-state index contributed by atoms with van der Waals surface area (Å²) in [7, 11) is 1.44. The number of carbonyl (C=O) groups is 2. The van der Waals surface area contributed by atoms with Crippen molar-refractivity contribution in [3.05, 3.63) is 0 Å². The molecular weight excluding hydrogens is 562 g/mol. The molecular formula is C39H79NO5.